The highest BCUT2D eigenvalue weighted by Crippen LogP contribution is 2.21. The zero-order chi connectivity index (χ0) is 15.7. The van der Waals surface area contributed by atoms with Crippen molar-refractivity contribution in [1.82, 2.24) is 14.5 Å². The van der Waals surface area contributed by atoms with Crippen molar-refractivity contribution >= 4 is 5.91 Å². The van der Waals surface area contributed by atoms with Crippen LogP contribution in [-0.2, 0) is 19.4 Å². The van der Waals surface area contributed by atoms with Crippen molar-refractivity contribution in [2.24, 2.45) is 5.92 Å². The molecule has 118 valence electrons. The summed E-state index contributed by atoms with van der Waals surface area (Å²) in [4.78, 5) is 18.7. The number of rotatable bonds is 4. The number of imidazole rings is 1. The van der Waals surface area contributed by atoms with Crippen LogP contribution in [0.4, 0.5) is 0 Å². The molecule has 3 rings (SSSR count). The molecular weight excluding hydrogens is 278 g/mol. The van der Waals surface area contributed by atoms with Gasteiger partial charge in [-0.05, 0) is 30.9 Å². The average molecular weight is 301 g/mol. The van der Waals surface area contributed by atoms with E-state index in [1.165, 1.54) is 0 Å². The van der Waals surface area contributed by atoms with E-state index in [2.05, 4.69) is 9.55 Å². The Bertz CT molecular complexity index is 671. The van der Waals surface area contributed by atoms with Gasteiger partial charge >= 0.3 is 0 Å². The van der Waals surface area contributed by atoms with Gasteiger partial charge in [-0.25, -0.2) is 4.98 Å². The number of carbonyl (C=O) groups is 1. The van der Waals surface area contributed by atoms with Gasteiger partial charge in [0, 0.05) is 45.4 Å². The summed E-state index contributed by atoms with van der Waals surface area (Å²) >= 11 is 0. The van der Waals surface area contributed by atoms with E-state index in [1.807, 2.05) is 39.4 Å². The highest BCUT2D eigenvalue weighted by Gasteiger charge is 2.24. The minimum atomic E-state index is -0.0308. The Balaban J connectivity index is 1.64. The first-order chi connectivity index (χ1) is 10.6. The first-order valence-electron chi connectivity index (χ1n) is 7.93. The van der Waals surface area contributed by atoms with Crippen molar-refractivity contribution in [3.8, 4) is 0 Å². The number of furan rings is 1. The summed E-state index contributed by atoms with van der Waals surface area (Å²) in [6.07, 6.45) is 6.71. The second-order valence-electron chi connectivity index (χ2n) is 6.15. The number of aryl methyl sites for hydroxylation is 3. The van der Waals surface area contributed by atoms with Gasteiger partial charge in [0.2, 0.25) is 0 Å². The topological polar surface area (TPSA) is 51.3 Å². The van der Waals surface area contributed by atoms with Gasteiger partial charge in [-0.1, -0.05) is 6.92 Å². The second kappa shape index (κ2) is 5.99. The minimum Gasteiger partial charge on any atom is -0.456 e. The van der Waals surface area contributed by atoms with Gasteiger partial charge in [0.25, 0.3) is 5.91 Å². The largest absolute Gasteiger partial charge is 0.456 e. The van der Waals surface area contributed by atoms with Crippen molar-refractivity contribution in [1.29, 1.82) is 0 Å². The molecule has 0 bridgehead atoms. The van der Waals surface area contributed by atoms with Crippen molar-refractivity contribution in [2.75, 3.05) is 13.6 Å². The van der Waals surface area contributed by atoms with Crippen LogP contribution in [0.2, 0.25) is 0 Å². The Morgan fingerprint density at radius 3 is 3.09 bits per heavy atom. The van der Waals surface area contributed by atoms with Gasteiger partial charge in [-0.2, -0.15) is 0 Å². The number of amides is 1. The van der Waals surface area contributed by atoms with Gasteiger partial charge in [-0.15, -0.1) is 0 Å². The van der Waals surface area contributed by atoms with Crippen LogP contribution >= 0.6 is 0 Å². The van der Waals surface area contributed by atoms with E-state index >= 15 is 0 Å². The lowest BCUT2D eigenvalue weighted by atomic mass is 9.97. The molecule has 5 nitrogen and oxygen atoms in total. The third-order valence-corrected chi connectivity index (χ3v) is 4.48. The Morgan fingerprint density at radius 2 is 2.36 bits per heavy atom. The summed E-state index contributed by atoms with van der Waals surface area (Å²) in [5.74, 6) is 2.91. The summed E-state index contributed by atoms with van der Waals surface area (Å²) in [6.45, 7) is 5.75. The van der Waals surface area contributed by atoms with E-state index < -0.39 is 0 Å². The van der Waals surface area contributed by atoms with E-state index in [9.17, 15) is 4.79 Å². The number of nitrogens with zero attached hydrogens (tertiary/aromatic N) is 3. The highest BCUT2D eigenvalue weighted by atomic mass is 16.4. The third-order valence-electron chi connectivity index (χ3n) is 4.48. The lowest BCUT2D eigenvalue weighted by Crippen LogP contribution is -2.34. The van der Waals surface area contributed by atoms with E-state index in [0.717, 1.165) is 49.5 Å². The lowest BCUT2D eigenvalue weighted by molar-refractivity contribution is 0.0730. The molecule has 2 aromatic heterocycles. The SMILES string of the molecule is CCc1oc(C(=O)N(C)CC2CCn3ccnc3C2)cc1C. The molecule has 0 spiro atoms. The normalized spacial score (nSPS) is 17.3. The van der Waals surface area contributed by atoms with Crippen molar-refractivity contribution < 1.29 is 9.21 Å². The summed E-state index contributed by atoms with van der Waals surface area (Å²) in [5, 5.41) is 0. The number of hydrogen-bond donors (Lipinski definition) is 0. The molecular formula is C17H23N3O2. The molecule has 1 unspecified atom stereocenters. The Hall–Kier alpha value is -2.04. The van der Waals surface area contributed by atoms with Gasteiger partial charge < -0.3 is 13.9 Å². The Labute approximate surface area is 130 Å². The van der Waals surface area contributed by atoms with Crippen LogP contribution in [-0.4, -0.2) is 34.0 Å². The predicted molar refractivity (Wildman–Crippen MR) is 83.8 cm³/mol. The maximum Gasteiger partial charge on any atom is 0.289 e. The maximum atomic E-state index is 12.5. The minimum absolute atomic E-state index is 0.0308. The van der Waals surface area contributed by atoms with Crippen molar-refractivity contribution in [3.63, 3.8) is 0 Å². The van der Waals surface area contributed by atoms with Gasteiger partial charge in [0.1, 0.15) is 11.6 Å². The summed E-state index contributed by atoms with van der Waals surface area (Å²) in [5.41, 5.74) is 1.05. The zero-order valence-corrected chi connectivity index (χ0v) is 13.5. The molecule has 1 aliphatic rings. The van der Waals surface area contributed by atoms with Crippen LogP contribution < -0.4 is 0 Å². The van der Waals surface area contributed by atoms with E-state index in [4.69, 9.17) is 4.42 Å². The zero-order valence-electron chi connectivity index (χ0n) is 13.5. The van der Waals surface area contributed by atoms with Crippen LogP contribution in [0.15, 0.2) is 22.9 Å². The molecule has 22 heavy (non-hydrogen) atoms. The van der Waals surface area contributed by atoms with Crippen LogP contribution in [0.3, 0.4) is 0 Å². The van der Waals surface area contributed by atoms with Gasteiger partial charge in [0.05, 0.1) is 0 Å². The fourth-order valence-corrected chi connectivity index (χ4v) is 3.21. The molecule has 5 heteroatoms. The predicted octanol–water partition coefficient (Wildman–Crippen LogP) is 2.68. The smallest absolute Gasteiger partial charge is 0.289 e. The van der Waals surface area contributed by atoms with Crippen LogP contribution in [0, 0.1) is 12.8 Å². The van der Waals surface area contributed by atoms with Crippen LogP contribution in [0.1, 0.15) is 41.0 Å². The molecule has 0 aliphatic carbocycles. The Kier molecular flexibility index (Phi) is 4.05. The summed E-state index contributed by atoms with van der Waals surface area (Å²) in [6, 6.07) is 1.85. The van der Waals surface area contributed by atoms with Gasteiger partial charge in [0.15, 0.2) is 5.76 Å². The highest BCUT2D eigenvalue weighted by molar-refractivity contribution is 5.91. The number of carbonyl (C=O) groups excluding carboxylic acids is 1. The second-order valence-corrected chi connectivity index (χ2v) is 6.15. The van der Waals surface area contributed by atoms with E-state index in [0.29, 0.717) is 11.7 Å². The molecule has 1 aliphatic heterocycles. The standard InChI is InChI=1S/C17H23N3O2/c1-4-14-12(2)9-15(22-14)17(21)19(3)11-13-5-7-20-8-6-18-16(20)10-13/h6,8-9,13H,4-5,7,10-11H2,1-3H3. The first-order valence-corrected chi connectivity index (χ1v) is 7.93. The molecule has 1 amide bonds. The van der Waals surface area contributed by atoms with Gasteiger partial charge in [-0.3, -0.25) is 4.79 Å². The molecule has 2 aromatic rings. The Morgan fingerprint density at radius 1 is 1.55 bits per heavy atom. The van der Waals surface area contributed by atoms with Crippen LogP contribution in [0.5, 0.6) is 0 Å². The number of hydrogen-bond acceptors (Lipinski definition) is 3. The van der Waals surface area contributed by atoms with Crippen molar-refractivity contribution in [3.05, 3.63) is 41.4 Å². The average Bonchev–Trinajstić information content (AvgIpc) is 3.11. The molecule has 3 heterocycles. The third kappa shape index (κ3) is 2.80. The summed E-state index contributed by atoms with van der Waals surface area (Å²) in [7, 11) is 1.85. The maximum absolute atomic E-state index is 12.5. The quantitative estimate of drug-likeness (QED) is 0.872. The fraction of sp³-hybridized carbons (Fsp3) is 0.529. The molecule has 0 fully saturated rings. The number of fused-ring (bicyclic) bond motifs is 1. The number of aromatic nitrogens is 2. The molecule has 1 atom stereocenters. The molecule has 0 aromatic carbocycles. The van der Waals surface area contributed by atoms with E-state index in [-0.39, 0.29) is 5.91 Å². The fourth-order valence-electron chi connectivity index (χ4n) is 3.21. The molecule has 0 N–H and O–H groups in total. The molecule has 0 saturated heterocycles. The van der Waals surface area contributed by atoms with E-state index in [1.54, 1.807) is 4.90 Å². The molecule has 0 radical (unpaired) electrons. The molecule has 0 saturated carbocycles. The lowest BCUT2D eigenvalue weighted by Gasteiger charge is -2.27. The monoisotopic (exact) mass is 301 g/mol. The van der Waals surface area contributed by atoms with Crippen LogP contribution in [0.25, 0.3) is 0 Å². The summed E-state index contributed by atoms with van der Waals surface area (Å²) < 4.78 is 7.87. The van der Waals surface area contributed by atoms with Crippen molar-refractivity contribution in [2.45, 2.75) is 39.7 Å². The first kappa shape index (κ1) is 14.9.